The Morgan fingerprint density at radius 2 is 2.04 bits per heavy atom. The fourth-order valence-electron chi connectivity index (χ4n) is 3.59. The molecule has 2 heterocycles. The van der Waals surface area contributed by atoms with Gasteiger partial charge in [0.05, 0.1) is 7.11 Å². The molecule has 1 aliphatic heterocycles. The van der Waals surface area contributed by atoms with Gasteiger partial charge >= 0.3 is 0 Å². The molecule has 0 saturated carbocycles. The van der Waals surface area contributed by atoms with Crippen LogP contribution in [0, 0.1) is 0 Å². The summed E-state index contributed by atoms with van der Waals surface area (Å²) in [6.07, 6.45) is 4.09. The predicted molar refractivity (Wildman–Crippen MR) is 105 cm³/mol. The van der Waals surface area contributed by atoms with E-state index in [-0.39, 0.29) is 0 Å². The van der Waals surface area contributed by atoms with Crippen LogP contribution in [0.3, 0.4) is 0 Å². The zero-order chi connectivity index (χ0) is 17.8. The summed E-state index contributed by atoms with van der Waals surface area (Å²) in [5, 5.41) is 14.4. The van der Waals surface area contributed by atoms with Crippen molar-refractivity contribution in [3.8, 4) is 5.75 Å². The topological polar surface area (TPSA) is 50.3 Å². The van der Waals surface area contributed by atoms with E-state index in [9.17, 15) is 0 Å². The van der Waals surface area contributed by atoms with Crippen LogP contribution in [0.1, 0.15) is 18.4 Å². The Hall–Kier alpha value is -2.66. The van der Waals surface area contributed by atoms with Crippen molar-refractivity contribution in [2.45, 2.75) is 25.4 Å². The molecule has 0 amide bonds. The molecule has 1 fully saturated rings. The first-order valence-electron chi connectivity index (χ1n) is 9.14. The number of rotatable bonds is 5. The number of nitrogens with one attached hydrogen (secondary N) is 1. The van der Waals surface area contributed by atoms with Crippen LogP contribution >= 0.6 is 0 Å². The van der Waals surface area contributed by atoms with Gasteiger partial charge in [-0.3, -0.25) is 0 Å². The summed E-state index contributed by atoms with van der Waals surface area (Å²) in [5.74, 6) is 1.87. The molecule has 1 saturated heterocycles. The highest BCUT2D eigenvalue weighted by Crippen LogP contribution is 2.22. The molecule has 1 aromatic heterocycles. The van der Waals surface area contributed by atoms with E-state index >= 15 is 0 Å². The van der Waals surface area contributed by atoms with E-state index in [1.54, 1.807) is 13.3 Å². The number of hydrogen-bond acceptors (Lipinski definition) is 5. The second-order valence-electron chi connectivity index (χ2n) is 6.80. The van der Waals surface area contributed by atoms with E-state index in [0.29, 0.717) is 6.04 Å². The minimum atomic E-state index is 0.470. The number of fused-ring (bicyclic) bond motifs is 1. The van der Waals surface area contributed by atoms with Gasteiger partial charge in [-0.1, -0.05) is 18.2 Å². The van der Waals surface area contributed by atoms with Crippen molar-refractivity contribution in [3.63, 3.8) is 0 Å². The molecule has 5 heteroatoms. The summed E-state index contributed by atoms with van der Waals surface area (Å²) in [7, 11) is 1.70. The molecule has 3 aromatic rings. The highest BCUT2D eigenvalue weighted by atomic mass is 16.5. The molecule has 5 nitrogen and oxygen atoms in total. The Labute approximate surface area is 154 Å². The summed E-state index contributed by atoms with van der Waals surface area (Å²) in [6, 6.07) is 17.3. The van der Waals surface area contributed by atoms with E-state index < -0.39 is 0 Å². The van der Waals surface area contributed by atoms with Crippen LogP contribution in [-0.4, -0.2) is 36.4 Å². The van der Waals surface area contributed by atoms with Crippen LogP contribution in [0.25, 0.3) is 10.8 Å². The summed E-state index contributed by atoms with van der Waals surface area (Å²) in [4.78, 5) is 2.32. The molecule has 134 valence electrons. The Balaban J connectivity index is 1.39. The third kappa shape index (κ3) is 3.78. The minimum absolute atomic E-state index is 0.470. The molecule has 4 rings (SSSR count). The van der Waals surface area contributed by atoms with Crippen molar-refractivity contribution in [2.24, 2.45) is 0 Å². The van der Waals surface area contributed by atoms with Crippen LogP contribution in [-0.2, 0) is 6.54 Å². The van der Waals surface area contributed by atoms with Crippen molar-refractivity contribution in [3.05, 3.63) is 60.3 Å². The summed E-state index contributed by atoms with van der Waals surface area (Å²) in [6.45, 7) is 2.90. The van der Waals surface area contributed by atoms with Gasteiger partial charge in [0, 0.05) is 31.9 Å². The first kappa shape index (κ1) is 16.8. The van der Waals surface area contributed by atoms with Gasteiger partial charge in [0.15, 0.2) is 5.82 Å². The average molecular weight is 348 g/mol. The number of ether oxygens (including phenoxy) is 1. The summed E-state index contributed by atoms with van der Waals surface area (Å²) >= 11 is 0. The Kier molecular flexibility index (Phi) is 4.97. The van der Waals surface area contributed by atoms with Crippen LogP contribution in [0.4, 0.5) is 5.82 Å². The lowest BCUT2D eigenvalue weighted by Crippen LogP contribution is -2.45. The maximum Gasteiger partial charge on any atom is 0.151 e. The predicted octanol–water partition coefficient (Wildman–Crippen LogP) is 3.40. The van der Waals surface area contributed by atoms with E-state index in [4.69, 9.17) is 4.74 Å². The smallest absolute Gasteiger partial charge is 0.151 e. The molecule has 1 aliphatic rings. The van der Waals surface area contributed by atoms with Gasteiger partial charge in [0.1, 0.15) is 5.75 Å². The molecule has 0 spiro atoms. The number of anilines is 1. The minimum Gasteiger partial charge on any atom is -0.497 e. The molecule has 1 unspecified atom stereocenters. The zero-order valence-electron chi connectivity index (χ0n) is 15.1. The van der Waals surface area contributed by atoms with Gasteiger partial charge in [-0.2, -0.15) is 5.10 Å². The quantitative estimate of drug-likeness (QED) is 0.766. The second-order valence-corrected chi connectivity index (χ2v) is 6.80. The normalized spacial score (nSPS) is 17.4. The lowest BCUT2D eigenvalue weighted by molar-refractivity contribution is 0.415. The largest absolute Gasteiger partial charge is 0.497 e. The Morgan fingerprint density at radius 3 is 2.88 bits per heavy atom. The number of piperidine rings is 1. The second kappa shape index (κ2) is 7.70. The zero-order valence-corrected chi connectivity index (χ0v) is 15.1. The van der Waals surface area contributed by atoms with Gasteiger partial charge in [0.2, 0.25) is 0 Å². The third-order valence-corrected chi connectivity index (χ3v) is 5.01. The summed E-state index contributed by atoms with van der Waals surface area (Å²) in [5.41, 5.74) is 1.30. The van der Waals surface area contributed by atoms with Crippen molar-refractivity contribution in [2.75, 3.05) is 25.1 Å². The molecular formula is C21H24N4O. The highest BCUT2D eigenvalue weighted by Gasteiger charge is 2.20. The first-order valence-corrected chi connectivity index (χ1v) is 9.14. The van der Waals surface area contributed by atoms with Crippen LogP contribution < -0.4 is 15.0 Å². The Morgan fingerprint density at radius 1 is 1.15 bits per heavy atom. The maximum atomic E-state index is 5.30. The van der Waals surface area contributed by atoms with E-state index in [2.05, 4.69) is 50.7 Å². The van der Waals surface area contributed by atoms with E-state index in [0.717, 1.165) is 31.2 Å². The van der Waals surface area contributed by atoms with Crippen LogP contribution in [0.15, 0.2) is 54.7 Å². The van der Waals surface area contributed by atoms with Gasteiger partial charge in [0.25, 0.3) is 0 Å². The molecule has 1 atom stereocenters. The molecule has 26 heavy (non-hydrogen) atoms. The molecule has 0 bridgehead atoms. The molecule has 1 N–H and O–H groups in total. The van der Waals surface area contributed by atoms with Crippen molar-refractivity contribution in [1.29, 1.82) is 0 Å². The van der Waals surface area contributed by atoms with Crippen molar-refractivity contribution < 1.29 is 4.74 Å². The lowest BCUT2D eigenvalue weighted by Gasteiger charge is -2.33. The fraction of sp³-hybridized carbons (Fsp3) is 0.333. The third-order valence-electron chi connectivity index (χ3n) is 5.01. The van der Waals surface area contributed by atoms with Crippen molar-refractivity contribution >= 4 is 16.6 Å². The average Bonchev–Trinajstić information content (AvgIpc) is 2.72. The van der Waals surface area contributed by atoms with Gasteiger partial charge in [-0.15, -0.1) is 5.10 Å². The molecule has 0 radical (unpaired) electrons. The Bertz CT molecular complexity index is 868. The fourth-order valence-corrected chi connectivity index (χ4v) is 3.59. The monoisotopic (exact) mass is 348 g/mol. The number of benzene rings is 2. The maximum absolute atomic E-state index is 5.30. The number of hydrogen-bond donors (Lipinski definition) is 1. The van der Waals surface area contributed by atoms with Gasteiger partial charge in [-0.05, 0) is 59.5 Å². The standard InChI is InChI=1S/C21H24N4O/c1-26-20-9-8-17-12-16(6-7-18(17)13-20)14-22-19-4-3-11-25(15-19)21-5-2-10-23-24-21/h2,5-10,12-13,19,22H,3-4,11,14-15H2,1H3. The number of nitrogens with zero attached hydrogens (tertiary/aromatic N) is 3. The van der Waals surface area contributed by atoms with E-state index in [1.165, 1.54) is 29.2 Å². The number of methoxy groups -OCH3 is 1. The number of aromatic nitrogens is 2. The molecule has 2 aromatic carbocycles. The SMILES string of the molecule is COc1ccc2cc(CNC3CCCN(c4cccnn4)C3)ccc2c1. The van der Waals surface area contributed by atoms with Crippen molar-refractivity contribution in [1.82, 2.24) is 15.5 Å². The van der Waals surface area contributed by atoms with E-state index in [1.807, 2.05) is 18.2 Å². The lowest BCUT2D eigenvalue weighted by atomic mass is 10.0. The van der Waals surface area contributed by atoms with Crippen LogP contribution in [0.5, 0.6) is 5.75 Å². The highest BCUT2D eigenvalue weighted by molar-refractivity contribution is 5.84. The summed E-state index contributed by atoms with van der Waals surface area (Å²) < 4.78 is 5.30. The first-order chi connectivity index (χ1) is 12.8. The van der Waals surface area contributed by atoms with Gasteiger partial charge in [-0.25, -0.2) is 0 Å². The van der Waals surface area contributed by atoms with Crippen LogP contribution in [0.2, 0.25) is 0 Å². The van der Waals surface area contributed by atoms with Gasteiger partial charge < -0.3 is 15.0 Å². The molecular weight excluding hydrogens is 324 g/mol. The molecule has 0 aliphatic carbocycles.